The van der Waals surface area contributed by atoms with Crippen molar-refractivity contribution in [2.24, 2.45) is 5.73 Å². The molecule has 4 heteroatoms. The molecule has 13 heavy (non-hydrogen) atoms. The van der Waals surface area contributed by atoms with Crippen LogP contribution in [-0.4, -0.2) is 0 Å². The van der Waals surface area contributed by atoms with Gasteiger partial charge in [0.05, 0.1) is 10.7 Å². The predicted molar refractivity (Wildman–Crippen MR) is 57.6 cm³/mol. The summed E-state index contributed by atoms with van der Waals surface area (Å²) >= 11 is 5.07. The zero-order chi connectivity index (χ0) is 9.26. The molecule has 0 atom stereocenters. The third-order valence-corrected chi connectivity index (χ3v) is 3.36. The van der Waals surface area contributed by atoms with E-state index in [1.807, 2.05) is 17.5 Å². The maximum absolute atomic E-state index is 5.60. The third-order valence-electron chi connectivity index (χ3n) is 1.79. The van der Waals surface area contributed by atoms with Crippen molar-refractivity contribution < 1.29 is 4.42 Å². The van der Waals surface area contributed by atoms with Crippen LogP contribution in [0.5, 0.6) is 0 Å². The van der Waals surface area contributed by atoms with E-state index in [1.54, 1.807) is 17.6 Å². The zero-order valence-electron chi connectivity index (χ0n) is 6.79. The summed E-state index contributed by atoms with van der Waals surface area (Å²) in [4.78, 5) is 1.15. The average molecular weight is 258 g/mol. The standard InChI is InChI=1S/C9H8BrNOS/c10-7-1-3-12-9(7)6-2-4-13-8(6)5-11/h1-4H,5,11H2. The van der Waals surface area contributed by atoms with Crippen molar-refractivity contribution in [3.63, 3.8) is 0 Å². The highest BCUT2D eigenvalue weighted by molar-refractivity contribution is 9.10. The van der Waals surface area contributed by atoms with Gasteiger partial charge in [-0.15, -0.1) is 11.3 Å². The van der Waals surface area contributed by atoms with Crippen molar-refractivity contribution in [1.82, 2.24) is 0 Å². The summed E-state index contributed by atoms with van der Waals surface area (Å²) in [6.07, 6.45) is 1.66. The first-order chi connectivity index (χ1) is 6.33. The lowest BCUT2D eigenvalue weighted by Gasteiger charge is -1.97. The van der Waals surface area contributed by atoms with Gasteiger partial charge < -0.3 is 10.2 Å². The van der Waals surface area contributed by atoms with Gasteiger partial charge in [-0.2, -0.15) is 0 Å². The first-order valence-corrected chi connectivity index (χ1v) is 5.50. The summed E-state index contributed by atoms with van der Waals surface area (Å²) in [5.41, 5.74) is 6.69. The van der Waals surface area contributed by atoms with Gasteiger partial charge in [-0.25, -0.2) is 0 Å². The molecule has 0 amide bonds. The van der Waals surface area contributed by atoms with Crippen LogP contribution in [-0.2, 0) is 6.54 Å². The quantitative estimate of drug-likeness (QED) is 0.898. The lowest BCUT2D eigenvalue weighted by Crippen LogP contribution is -1.94. The SMILES string of the molecule is NCc1sccc1-c1occc1Br. The minimum atomic E-state index is 0.556. The highest BCUT2D eigenvalue weighted by atomic mass is 79.9. The molecule has 0 radical (unpaired) electrons. The van der Waals surface area contributed by atoms with E-state index in [0.29, 0.717) is 6.54 Å². The van der Waals surface area contributed by atoms with E-state index >= 15 is 0 Å². The Balaban J connectivity index is 2.52. The van der Waals surface area contributed by atoms with Crippen LogP contribution in [0.4, 0.5) is 0 Å². The van der Waals surface area contributed by atoms with E-state index in [4.69, 9.17) is 10.2 Å². The van der Waals surface area contributed by atoms with Gasteiger partial charge in [0.25, 0.3) is 0 Å². The molecule has 0 aromatic carbocycles. The number of thiophene rings is 1. The Morgan fingerprint density at radius 2 is 2.31 bits per heavy atom. The van der Waals surface area contributed by atoms with E-state index in [0.717, 1.165) is 20.7 Å². The molecule has 0 spiro atoms. The number of halogens is 1. The van der Waals surface area contributed by atoms with Crippen LogP contribution in [0.1, 0.15) is 4.88 Å². The van der Waals surface area contributed by atoms with Crippen LogP contribution in [0.15, 0.2) is 32.7 Å². The number of rotatable bonds is 2. The maximum Gasteiger partial charge on any atom is 0.149 e. The largest absolute Gasteiger partial charge is 0.463 e. The van der Waals surface area contributed by atoms with Gasteiger partial charge in [-0.3, -0.25) is 0 Å². The van der Waals surface area contributed by atoms with Gasteiger partial charge in [0.15, 0.2) is 0 Å². The highest BCUT2D eigenvalue weighted by Crippen LogP contribution is 2.33. The Hall–Kier alpha value is -0.580. The molecule has 2 heterocycles. The average Bonchev–Trinajstić information content (AvgIpc) is 2.71. The van der Waals surface area contributed by atoms with Crippen molar-refractivity contribution in [1.29, 1.82) is 0 Å². The number of hydrogen-bond donors (Lipinski definition) is 1. The molecular formula is C9H8BrNOS. The minimum Gasteiger partial charge on any atom is -0.463 e. The Bertz CT molecular complexity index is 407. The van der Waals surface area contributed by atoms with Crippen LogP contribution in [0.2, 0.25) is 0 Å². The molecule has 0 saturated carbocycles. The first kappa shape index (κ1) is 8.99. The smallest absolute Gasteiger partial charge is 0.149 e. The van der Waals surface area contributed by atoms with Crippen LogP contribution in [0.3, 0.4) is 0 Å². The summed E-state index contributed by atoms with van der Waals surface area (Å²) in [5.74, 6) is 0.863. The van der Waals surface area contributed by atoms with E-state index in [9.17, 15) is 0 Å². The second-order valence-electron chi connectivity index (χ2n) is 2.56. The molecule has 0 bridgehead atoms. The molecule has 2 aromatic heterocycles. The predicted octanol–water partition coefficient (Wildman–Crippen LogP) is 3.23. The fraction of sp³-hybridized carbons (Fsp3) is 0.111. The molecule has 0 aliphatic heterocycles. The Kier molecular flexibility index (Phi) is 2.53. The van der Waals surface area contributed by atoms with Crippen molar-refractivity contribution >= 4 is 27.3 Å². The second kappa shape index (κ2) is 3.65. The normalized spacial score (nSPS) is 10.6. The molecule has 0 aliphatic carbocycles. The van der Waals surface area contributed by atoms with Gasteiger partial charge in [0.1, 0.15) is 5.76 Å². The van der Waals surface area contributed by atoms with Crippen LogP contribution >= 0.6 is 27.3 Å². The van der Waals surface area contributed by atoms with E-state index in [1.165, 1.54) is 0 Å². The minimum absolute atomic E-state index is 0.556. The topological polar surface area (TPSA) is 39.2 Å². The summed E-state index contributed by atoms with van der Waals surface area (Å²) < 4.78 is 6.33. The van der Waals surface area contributed by atoms with E-state index in [-0.39, 0.29) is 0 Å². The molecule has 68 valence electrons. The van der Waals surface area contributed by atoms with Gasteiger partial charge in [-0.1, -0.05) is 0 Å². The van der Waals surface area contributed by atoms with Gasteiger partial charge in [-0.05, 0) is 33.4 Å². The molecule has 0 unspecified atom stereocenters. The lowest BCUT2D eigenvalue weighted by molar-refractivity contribution is 0.581. The number of hydrogen-bond acceptors (Lipinski definition) is 3. The van der Waals surface area contributed by atoms with Gasteiger partial charge in [0.2, 0.25) is 0 Å². The third kappa shape index (κ3) is 1.57. The fourth-order valence-corrected chi connectivity index (χ4v) is 2.35. The van der Waals surface area contributed by atoms with E-state index in [2.05, 4.69) is 15.9 Å². The summed E-state index contributed by atoms with van der Waals surface area (Å²) in [5, 5.41) is 2.02. The van der Waals surface area contributed by atoms with Crippen molar-refractivity contribution in [3.05, 3.63) is 33.1 Å². The second-order valence-corrected chi connectivity index (χ2v) is 4.41. The van der Waals surface area contributed by atoms with Gasteiger partial charge >= 0.3 is 0 Å². The van der Waals surface area contributed by atoms with Crippen molar-refractivity contribution in [2.75, 3.05) is 0 Å². The summed E-state index contributed by atoms with van der Waals surface area (Å²) in [6, 6.07) is 3.91. The molecule has 2 aromatic rings. The fourth-order valence-electron chi connectivity index (χ4n) is 1.19. The molecule has 2 N–H and O–H groups in total. The van der Waals surface area contributed by atoms with E-state index < -0.39 is 0 Å². The number of furan rings is 1. The molecule has 0 saturated heterocycles. The Morgan fingerprint density at radius 3 is 2.92 bits per heavy atom. The molecule has 0 aliphatic rings. The van der Waals surface area contributed by atoms with Crippen molar-refractivity contribution in [3.8, 4) is 11.3 Å². The summed E-state index contributed by atoms with van der Waals surface area (Å²) in [7, 11) is 0. The number of nitrogens with two attached hydrogens (primary N) is 1. The lowest BCUT2D eigenvalue weighted by atomic mass is 10.2. The Morgan fingerprint density at radius 1 is 1.46 bits per heavy atom. The maximum atomic E-state index is 5.60. The Labute approximate surface area is 88.5 Å². The van der Waals surface area contributed by atoms with Crippen molar-refractivity contribution in [2.45, 2.75) is 6.54 Å². The molecular weight excluding hydrogens is 250 g/mol. The van der Waals surface area contributed by atoms with Gasteiger partial charge in [0, 0.05) is 17.0 Å². The van der Waals surface area contributed by atoms with Crippen LogP contribution in [0, 0.1) is 0 Å². The highest BCUT2D eigenvalue weighted by Gasteiger charge is 2.11. The molecule has 2 rings (SSSR count). The zero-order valence-corrected chi connectivity index (χ0v) is 9.19. The van der Waals surface area contributed by atoms with Crippen LogP contribution < -0.4 is 5.73 Å². The summed E-state index contributed by atoms with van der Waals surface area (Å²) in [6.45, 7) is 0.556. The first-order valence-electron chi connectivity index (χ1n) is 3.82. The monoisotopic (exact) mass is 257 g/mol. The molecule has 0 fully saturated rings. The molecule has 2 nitrogen and oxygen atoms in total. The van der Waals surface area contributed by atoms with Crippen LogP contribution in [0.25, 0.3) is 11.3 Å².